The molecule has 1 saturated heterocycles. The van der Waals surface area contributed by atoms with E-state index in [2.05, 4.69) is 20.3 Å². The highest BCUT2D eigenvalue weighted by atomic mass is 16.5. The van der Waals surface area contributed by atoms with Crippen LogP contribution in [-0.2, 0) is 11.3 Å². The molecule has 0 aliphatic carbocycles. The van der Waals surface area contributed by atoms with Crippen LogP contribution in [0.1, 0.15) is 25.7 Å². The number of imidazole rings is 1. The smallest absolute Gasteiger partial charge is 0.245 e. The number of hydrogen-bond acceptors (Lipinski definition) is 6. The summed E-state index contributed by atoms with van der Waals surface area (Å²) < 4.78 is 7.21. The van der Waals surface area contributed by atoms with Crippen molar-refractivity contribution in [2.75, 3.05) is 33.3 Å². The molecule has 3 rings (SSSR count). The Hall–Kier alpha value is -2.22. The fourth-order valence-corrected chi connectivity index (χ4v) is 3.01. The zero-order valence-corrected chi connectivity index (χ0v) is 14.1. The summed E-state index contributed by atoms with van der Waals surface area (Å²) in [5, 5.41) is 3.43. The fourth-order valence-electron chi connectivity index (χ4n) is 3.01. The number of carbonyl (C=O) groups excluding carboxylic acids is 1. The van der Waals surface area contributed by atoms with Gasteiger partial charge in [-0.25, -0.2) is 9.97 Å². The van der Waals surface area contributed by atoms with Crippen LogP contribution < -0.4 is 10.1 Å². The topological polar surface area (TPSA) is 85.2 Å². The molecule has 24 heavy (non-hydrogen) atoms. The summed E-state index contributed by atoms with van der Waals surface area (Å²) >= 11 is 0. The lowest BCUT2D eigenvalue weighted by molar-refractivity contribution is -0.127. The van der Waals surface area contributed by atoms with Crippen molar-refractivity contribution >= 4 is 17.1 Å². The van der Waals surface area contributed by atoms with Gasteiger partial charge in [-0.2, -0.15) is 4.98 Å². The van der Waals surface area contributed by atoms with Crippen molar-refractivity contribution in [3.63, 3.8) is 0 Å². The molecule has 0 spiro atoms. The van der Waals surface area contributed by atoms with Gasteiger partial charge in [0.15, 0.2) is 11.2 Å². The first-order valence-electron chi connectivity index (χ1n) is 8.48. The molecule has 0 atom stereocenters. The van der Waals surface area contributed by atoms with Gasteiger partial charge in [0, 0.05) is 26.1 Å². The molecular formula is C16H24N6O2. The molecule has 1 fully saturated rings. The largest absolute Gasteiger partial charge is 0.479 e. The molecule has 0 saturated carbocycles. The highest BCUT2D eigenvalue weighted by molar-refractivity contribution is 5.78. The van der Waals surface area contributed by atoms with Crippen LogP contribution in [0.2, 0.25) is 0 Å². The molecule has 0 aromatic carbocycles. The van der Waals surface area contributed by atoms with Crippen LogP contribution in [0.25, 0.3) is 11.2 Å². The maximum absolute atomic E-state index is 11.5. The normalized spacial score (nSPS) is 14.7. The molecule has 8 nitrogen and oxygen atoms in total. The summed E-state index contributed by atoms with van der Waals surface area (Å²) in [4.78, 5) is 26.1. The second-order valence-electron chi connectivity index (χ2n) is 5.93. The Morgan fingerprint density at radius 1 is 1.21 bits per heavy atom. The molecule has 0 unspecified atom stereocenters. The van der Waals surface area contributed by atoms with Gasteiger partial charge in [0.25, 0.3) is 0 Å². The van der Waals surface area contributed by atoms with Gasteiger partial charge in [0.05, 0.1) is 13.4 Å². The molecular weight excluding hydrogens is 308 g/mol. The van der Waals surface area contributed by atoms with E-state index >= 15 is 0 Å². The van der Waals surface area contributed by atoms with E-state index in [9.17, 15) is 4.79 Å². The molecule has 1 N–H and O–H groups in total. The van der Waals surface area contributed by atoms with Gasteiger partial charge in [-0.05, 0) is 32.4 Å². The number of aryl methyl sites for hydroxylation is 1. The zero-order valence-electron chi connectivity index (χ0n) is 14.1. The average molecular weight is 332 g/mol. The van der Waals surface area contributed by atoms with E-state index in [-0.39, 0.29) is 0 Å². The van der Waals surface area contributed by atoms with E-state index in [1.54, 1.807) is 13.4 Å². The first kappa shape index (κ1) is 16.6. The van der Waals surface area contributed by atoms with Gasteiger partial charge in [0.1, 0.15) is 6.33 Å². The lowest BCUT2D eigenvalue weighted by Gasteiger charge is -2.15. The van der Waals surface area contributed by atoms with Crippen LogP contribution in [0.3, 0.4) is 0 Å². The molecule has 8 heteroatoms. The van der Waals surface area contributed by atoms with E-state index in [1.165, 1.54) is 6.33 Å². The van der Waals surface area contributed by atoms with Crippen molar-refractivity contribution in [2.45, 2.75) is 32.2 Å². The number of carbonyl (C=O) groups is 1. The lowest BCUT2D eigenvalue weighted by atomic mass is 10.3. The second-order valence-corrected chi connectivity index (χ2v) is 5.93. The van der Waals surface area contributed by atoms with Gasteiger partial charge in [-0.15, -0.1) is 0 Å². The number of likely N-dealkylation sites (tertiary alicyclic amines) is 1. The number of ether oxygens (including phenoxy) is 1. The SMILES string of the molecule is COc1ncnc2c1ncn2CCCNCCCN1CCCC1=O. The maximum atomic E-state index is 11.5. The minimum absolute atomic E-state index is 0.305. The van der Waals surface area contributed by atoms with E-state index < -0.39 is 0 Å². The first-order valence-corrected chi connectivity index (χ1v) is 8.48. The summed E-state index contributed by atoms with van der Waals surface area (Å²) in [7, 11) is 1.58. The van der Waals surface area contributed by atoms with E-state index in [0.29, 0.717) is 17.3 Å². The van der Waals surface area contributed by atoms with E-state index in [0.717, 1.165) is 64.1 Å². The van der Waals surface area contributed by atoms with Crippen LogP contribution in [0.4, 0.5) is 0 Å². The minimum atomic E-state index is 0.305. The van der Waals surface area contributed by atoms with Crippen LogP contribution in [0.15, 0.2) is 12.7 Å². The molecule has 3 heterocycles. The fraction of sp³-hybridized carbons (Fsp3) is 0.625. The Balaban J connectivity index is 1.36. The number of hydrogen-bond donors (Lipinski definition) is 1. The van der Waals surface area contributed by atoms with Crippen molar-refractivity contribution in [1.29, 1.82) is 0 Å². The summed E-state index contributed by atoms with van der Waals surface area (Å²) in [5.74, 6) is 0.813. The quantitative estimate of drug-likeness (QED) is 0.685. The summed E-state index contributed by atoms with van der Waals surface area (Å²) in [6, 6.07) is 0. The Kier molecular flexibility index (Phi) is 5.58. The predicted molar refractivity (Wildman–Crippen MR) is 89.8 cm³/mol. The molecule has 1 amide bonds. The number of fused-ring (bicyclic) bond motifs is 1. The van der Waals surface area contributed by atoms with Crippen LogP contribution in [-0.4, -0.2) is 63.6 Å². The van der Waals surface area contributed by atoms with Crippen molar-refractivity contribution in [2.24, 2.45) is 0 Å². The van der Waals surface area contributed by atoms with Crippen molar-refractivity contribution in [3.8, 4) is 5.88 Å². The molecule has 2 aromatic rings. The maximum Gasteiger partial charge on any atom is 0.245 e. The van der Waals surface area contributed by atoms with Crippen molar-refractivity contribution in [1.82, 2.24) is 29.7 Å². The molecule has 1 aliphatic heterocycles. The molecule has 0 bridgehead atoms. The third-order valence-corrected chi connectivity index (χ3v) is 4.27. The lowest BCUT2D eigenvalue weighted by Crippen LogP contribution is -2.28. The van der Waals surface area contributed by atoms with Crippen molar-refractivity contribution in [3.05, 3.63) is 12.7 Å². The molecule has 1 aliphatic rings. The number of amides is 1. The monoisotopic (exact) mass is 332 g/mol. The third kappa shape index (κ3) is 3.81. The molecule has 130 valence electrons. The summed E-state index contributed by atoms with van der Waals surface area (Å²) in [6.45, 7) is 4.50. The minimum Gasteiger partial charge on any atom is -0.479 e. The summed E-state index contributed by atoms with van der Waals surface area (Å²) in [5.41, 5.74) is 1.50. The van der Waals surface area contributed by atoms with Gasteiger partial charge < -0.3 is 19.5 Å². The standard InChI is InChI=1S/C16H24N6O2/c1-24-16-14-15(18-11-19-16)22(12-20-14)10-4-7-17-6-3-9-21-8-2-5-13(21)23/h11-12,17H,2-10H2,1H3. The molecule has 0 radical (unpaired) electrons. The predicted octanol–water partition coefficient (Wildman–Crippen LogP) is 0.827. The van der Waals surface area contributed by atoms with Crippen LogP contribution in [0.5, 0.6) is 5.88 Å². The first-order chi connectivity index (χ1) is 11.8. The number of rotatable bonds is 9. The van der Waals surface area contributed by atoms with E-state index in [4.69, 9.17) is 4.74 Å². The van der Waals surface area contributed by atoms with Gasteiger partial charge in [-0.3, -0.25) is 4.79 Å². The average Bonchev–Trinajstić information content (AvgIpc) is 3.20. The third-order valence-electron chi connectivity index (χ3n) is 4.27. The molecule has 2 aromatic heterocycles. The van der Waals surface area contributed by atoms with Gasteiger partial charge in [-0.1, -0.05) is 0 Å². The summed E-state index contributed by atoms with van der Waals surface area (Å²) in [6.07, 6.45) is 7.00. The number of nitrogens with one attached hydrogen (secondary N) is 1. The Morgan fingerprint density at radius 3 is 2.79 bits per heavy atom. The zero-order chi connectivity index (χ0) is 16.8. The number of aromatic nitrogens is 4. The van der Waals surface area contributed by atoms with E-state index in [1.807, 2.05) is 9.47 Å². The highest BCUT2D eigenvalue weighted by Crippen LogP contribution is 2.18. The number of nitrogens with zero attached hydrogens (tertiary/aromatic N) is 5. The van der Waals surface area contributed by atoms with Gasteiger partial charge >= 0.3 is 0 Å². The number of methoxy groups -OCH3 is 1. The highest BCUT2D eigenvalue weighted by Gasteiger charge is 2.18. The Morgan fingerprint density at radius 2 is 2.04 bits per heavy atom. The Labute approximate surface area is 141 Å². The van der Waals surface area contributed by atoms with Crippen molar-refractivity contribution < 1.29 is 9.53 Å². The van der Waals surface area contributed by atoms with Gasteiger partial charge in [0.2, 0.25) is 11.8 Å². The Bertz CT molecular complexity index is 686. The van der Waals surface area contributed by atoms with Crippen LogP contribution in [0, 0.1) is 0 Å². The second kappa shape index (κ2) is 8.05. The van der Waals surface area contributed by atoms with Crippen LogP contribution >= 0.6 is 0 Å².